The van der Waals surface area contributed by atoms with Crippen LogP contribution in [0.5, 0.6) is 11.5 Å². The van der Waals surface area contributed by atoms with E-state index in [2.05, 4.69) is 4.98 Å². The number of aromatic hydroxyl groups is 1. The number of Topliss-reactive ketones (excluding diaryl/α,β-unsaturated/α-hetero) is 1. The number of benzene rings is 3. The Morgan fingerprint density at radius 1 is 1.06 bits per heavy atom. The van der Waals surface area contributed by atoms with Crippen LogP contribution in [0, 0.1) is 0 Å². The van der Waals surface area contributed by atoms with Crippen LogP contribution in [0.1, 0.15) is 24.1 Å². The number of ketones is 1. The summed E-state index contributed by atoms with van der Waals surface area (Å²) in [5, 5.41) is 21.5. The van der Waals surface area contributed by atoms with Crippen molar-refractivity contribution in [2.45, 2.75) is 13.0 Å². The van der Waals surface area contributed by atoms with Gasteiger partial charge in [0.25, 0.3) is 5.78 Å². The quantitative estimate of drug-likeness (QED) is 0.240. The lowest BCUT2D eigenvalue weighted by molar-refractivity contribution is -0.132. The molecule has 3 aromatic carbocycles. The first kappa shape index (κ1) is 21.7. The largest absolute Gasteiger partial charge is 0.508 e. The molecule has 0 radical (unpaired) electrons. The Labute approximate surface area is 199 Å². The minimum atomic E-state index is -0.959. The Hall–Kier alpha value is -4.17. The van der Waals surface area contributed by atoms with Gasteiger partial charge in [-0.05, 0) is 42.8 Å². The van der Waals surface area contributed by atoms with E-state index in [4.69, 9.17) is 4.74 Å². The number of thiazole rings is 1. The SMILES string of the molecule is CCOc1ccc2nc(N3C(=O)C(=O)C(=C(O)c4ccccc4)C3c3cccc(O)c3)sc2c1. The third-order valence-corrected chi connectivity index (χ3v) is 6.56. The van der Waals surface area contributed by atoms with Crippen molar-refractivity contribution in [3.05, 3.63) is 89.5 Å². The molecule has 1 aromatic heterocycles. The van der Waals surface area contributed by atoms with Crippen molar-refractivity contribution in [3.8, 4) is 11.5 Å². The Morgan fingerprint density at radius 3 is 2.59 bits per heavy atom. The molecule has 8 heteroatoms. The molecular weight excluding hydrogens is 452 g/mol. The monoisotopic (exact) mass is 472 g/mol. The summed E-state index contributed by atoms with van der Waals surface area (Å²) in [5.41, 5.74) is 1.49. The van der Waals surface area contributed by atoms with E-state index >= 15 is 0 Å². The van der Waals surface area contributed by atoms with Gasteiger partial charge < -0.3 is 14.9 Å². The molecule has 2 N–H and O–H groups in total. The predicted molar refractivity (Wildman–Crippen MR) is 130 cm³/mol. The maximum atomic E-state index is 13.3. The number of hydrogen-bond donors (Lipinski definition) is 2. The Balaban J connectivity index is 1.70. The van der Waals surface area contributed by atoms with Crippen LogP contribution in [0.3, 0.4) is 0 Å². The number of anilines is 1. The first-order chi connectivity index (χ1) is 16.5. The van der Waals surface area contributed by atoms with Crippen LogP contribution in [0.25, 0.3) is 16.0 Å². The lowest BCUT2D eigenvalue weighted by atomic mass is 9.95. The Bertz CT molecular complexity index is 1440. The topological polar surface area (TPSA) is 100.0 Å². The van der Waals surface area contributed by atoms with E-state index in [0.717, 1.165) is 4.70 Å². The number of phenols is 1. The third kappa shape index (κ3) is 3.68. The van der Waals surface area contributed by atoms with Crippen LogP contribution in [-0.2, 0) is 9.59 Å². The van der Waals surface area contributed by atoms with Gasteiger partial charge in [-0.3, -0.25) is 14.5 Å². The summed E-state index contributed by atoms with van der Waals surface area (Å²) in [6.07, 6.45) is 0. The summed E-state index contributed by atoms with van der Waals surface area (Å²) in [6.45, 7) is 2.41. The van der Waals surface area contributed by atoms with Crippen molar-refractivity contribution < 1.29 is 24.5 Å². The molecule has 0 saturated carbocycles. The minimum Gasteiger partial charge on any atom is -0.508 e. The molecule has 1 atom stereocenters. The van der Waals surface area contributed by atoms with Gasteiger partial charge in [0.05, 0.1) is 28.4 Å². The van der Waals surface area contributed by atoms with E-state index in [1.54, 1.807) is 54.6 Å². The van der Waals surface area contributed by atoms with Crippen LogP contribution in [0.2, 0.25) is 0 Å². The smallest absolute Gasteiger partial charge is 0.301 e. The number of ether oxygens (including phenoxy) is 1. The van der Waals surface area contributed by atoms with E-state index in [1.165, 1.54) is 28.4 Å². The van der Waals surface area contributed by atoms with Crippen molar-refractivity contribution in [1.82, 2.24) is 4.98 Å². The lowest BCUT2D eigenvalue weighted by Gasteiger charge is -2.23. The van der Waals surface area contributed by atoms with Crippen molar-refractivity contribution in [1.29, 1.82) is 0 Å². The standard InChI is InChI=1S/C26H20N2O5S/c1-2-33-18-11-12-19-20(14-18)34-26(27-19)28-22(16-9-6-10-17(29)13-16)21(24(31)25(28)32)23(30)15-7-4-3-5-8-15/h3-14,22,29-30H,2H2,1H3. The third-order valence-electron chi connectivity index (χ3n) is 5.54. The van der Waals surface area contributed by atoms with Gasteiger partial charge in [0.15, 0.2) is 5.13 Å². The molecule has 34 heavy (non-hydrogen) atoms. The number of rotatable bonds is 5. The van der Waals surface area contributed by atoms with Gasteiger partial charge in [0.1, 0.15) is 17.3 Å². The fourth-order valence-corrected chi connectivity index (χ4v) is 5.06. The molecule has 1 fully saturated rings. The summed E-state index contributed by atoms with van der Waals surface area (Å²) in [6, 6.07) is 19.4. The number of amides is 1. The number of hydrogen-bond acceptors (Lipinski definition) is 7. The Kier molecular flexibility index (Phi) is 5.51. The number of aliphatic hydroxyl groups is 1. The molecule has 1 aliphatic rings. The average Bonchev–Trinajstić information content (AvgIpc) is 3.37. The van der Waals surface area contributed by atoms with Crippen LogP contribution in [0.15, 0.2) is 78.4 Å². The van der Waals surface area contributed by atoms with Gasteiger partial charge in [0.2, 0.25) is 0 Å². The highest BCUT2D eigenvalue weighted by Crippen LogP contribution is 2.45. The number of carbonyl (C=O) groups is 2. The van der Waals surface area contributed by atoms with Gasteiger partial charge in [-0.1, -0.05) is 53.8 Å². The van der Waals surface area contributed by atoms with E-state index in [0.29, 0.717) is 34.1 Å². The van der Waals surface area contributed by atoms with Crippen molar-refractivity contribution >= 4 is 44.1 Å². The molecule has 1 saturated heterocycles. The fraction of sp³-hybridized carbons (Fsp3) is 0.115. The summed E-state index contributed by atoms with van der Waals surface area (Å²) >= 11 is 1.25. The normalized spacial score (nSPS) is 17.4. The molecule has 0 spiro atoms. The highest BCUT2D eigenvalue weighted by atomic mass is 32.1. The zero-order valence-corrected chi connectivity index (χ0v) is 19.0. The Morgan fingerprint density at radius 2 is 1.85 bits per heavy atom. The van der Waals surface area contributed by atoms with Crippen molar-refractivity contribution in [2.75, 3.05) is 11.5 Å². The first-order valence-corrected chi connectivity index (χ1v) is 11.5. The zero-order valence-electron chi connectivity index (χ0n) is 18.1. The zero-order chi connectivity index (χ0) is 23.8. The molecule has 0 bridgehead atoms. The maximum absolute atomic E-state index is 13.3. The van der Waals surface area contributed by atoms with E-state index in [1.807, 2.05) is 13.0 Å². The van der Waals surface area contributed by atoms with Gasteiger partial charge in [-0.15, -0.1) is 0 Å². The molecule has 4 aromatic rings. The maximum Gasteiger partial charge on any atom is 0.301 e. The molecule has 7 nitrogen and oxygen atoms in total. The molecule has 170 valence electrons. The second-order valence-electron chi connectivity index (χ2n) is 7.69. The highest BCUT2D eigenvalue weighted by molar-refractivity contribution is 7.22. The minimum absolute atomic E-state index is 0.0199. The number of carbonyl (C=O) groups excluding carboxylic acids is 2. The van der Waals surface area contributed by atoms with E-state index in [9.17, 15) is 19.8 Å². The molecule has 1 amide bonds. The first-order valence-electron chi connectivity index (χ1n) is 10.7. The van der Waals surface area contributed by atoms with Gasteiger partial charge in [-0.2, -0.15) is 0 Å². The summed E-state index contributed by atoms with van der Waals surface area (Å²) in [7, 11) is 0. The number of aliphatic hydroxyl groups excluding tert-OH is 1. The van der Waals surface area contributed by atoms with Gasteiger partial charge in [0, 0.05) is 5.56 Å². The molecule has 1 unspecified atom stereocenters. The fourth-order valence-electron chi connectivity index (χ4n) is 4.04. The second kappa shape index (κ2) is 8.64. The average molecular weight is 473 g/mol. The highest BCUT2D eigenvalue weighted by Gasteiger charge is 2.48. The summed E-state index contributed by atoms with van der Waals surface area (Å²) < 4.78 is 6.36. The molecule has 2 heterocycles. The van der Waals surface area contributed by atoms with Crippen LogP contribution >= 0.6 is 11.3 Å². The van der Waals surface area contributed by atoms with Crippen molar-refractivity contribution in [2.24, 2.45) is 0 Å². The lowest BCUT2D eigenvalue weighted by Crippen LogP contribution is -2.29. The second-order valence-corrected chi connectivity index (χ2v) is 8.70. The van der Waals surface area contributed by atoms with Gasteiger partial charge in [-0.25, -0.2) is 4.98 Å². The number of phenolic OH excluding ortho intramolecular Hbond substituents is 1. The van der Waals surface area contributed by atoms with Crippen LogP contribution in [-0.4, -0.2) is 33.5 Å². The number of fused-ring (bicyclic) bond motifs is 1. The molecule has 0 aliphatic carbocycles. The summed E-state index contributed by atoms with van der Waals surface area (Å²) in [5.74, 6) is -1.23. The molecule has 5 rings (SSSR count). The van der Waals surface area contributed by atoms with Crippen LogP contribution in [0.4, 0.5) is 5.13 Å². The van der Waals surface area contributed by atoms with Crippen LogP contribution < -0.4 is 9.64 Å². The van der Waals surface area contributed by atoms with E-state index < -0.39 is 17.7 Å². The molecular formula is C26H20N2O5S. The number of aromatic nitrogens is 1. The van der Waals surface area contributed by atoms with Crippen molar-refractivity contribution in [3.63, 3.8) is 0 Å². The van der Waals surface area contributed by atoms with E-state index in [-0.39, 0.29) is 17.1 Å². The predicted octanol–water partition coefficient (Wildman–Crippen LogP) is 5.03. The summed E-state index contributed by atoms with van der Waals surface area (Å²) in [4.78, 5) is 32.4. The van der Waals surface area contributed by atoms with Gasteiger partial charge >= 0.3 is 5.91 Å². The molecule has 1 aliphatic heterocycles. The number of nitrogens with zero attached hydrogens (tertiary/aromatic N) is 2.